The molecule has 1 aromatic carbocycles. The van der Waals surface area contributed by atoms with Gasteiger partial charge in [0, 0.05) is 13.1 Å². The Labute approximate surface area is 127 Å². The molecule has 1 aromatic rings. The smallest absolute Gasteiger partial charge is 0.243 e. The molecule has 1 fully saturated rings. The lowest BCUT2D eigenvalue weighted by molar-refractivity contribution is 0.113. The summed E-state index contributed by atoms with van der Waals surface area (Å²) in [5.74, 6) is 0. The molecule has 0 spiro atoms. The summed E-state index contributed by atoms with van der Waals surface area (Å²) >= 11 is 0. The third-order valence-electron chi connectivity index (χ3n) is 4.10. The van der Waals surface area contributed by atoms with Gasteiger partial charge in [-0.15, -0.1) is 0 Å². The Hall–Kier alpha value is -0.910. The molecule has 21 heavy (non-hydrogen) atoms. The van der Waals surface area contributed by atoms with Crippen molar-refractivity contribution in [2.75, 3.05) is 13.1 Å². The van der Waals surface area contributed by atoms with Gasteiger partial charge >= 0.3 is 0 Å². The van der Waals surface area contributed by atoms with Gasteiger partial charge in [-0.1, -0.05) is 32.9 Å². The van der Waals surface area contributed by atoms with E-state index in [1.807, 2.05) is 19.1 Å². The summed E-state index contributed by atoms with van der Waals surface area (Å²) in [6, 6.07) is 5.68. The molecule has 0 bridgehead atoms. The molecule has 4 nitrogen and oxygen atoms in total. The van der Waals surface area contributed by atoms with E-state index in [4.69, 9.17) is 0 Å². The normalized spacial score (nSPS) is 18.9. The largest absolute Gasteiger partial charge is 0.393 e. The van der Waals surface area contributed by atoms with Crippen LogP contribution in [0.15, 0.2) is 23.1 Å². The summed E-state index contributed by atoms with van der Waals surface area (Å²) in [4.78, 5) is 0.395. The highest BCUT2D eigenvalue weighted by Gasteiger charge is 2.30. The fraction of sp³-hybridized carbons (Fsp3) is 0.625. The van der Waals surface area contributed by atoms with Crippen LogP contribution in [-0.2, 0) is 15.4 Å². The Morgan fingerprint density at radius 2 is 1.76 bits per heavy atom. The Bertz CT molecular complexity index is 609. The minimum absolute atomic E-state index is 0.0872. The maximum Gasteiger partial charge on any atom is 0.243 e. The van der Waals surface area contributed by atoms with Gasteiger partial charge in [0.25, 0.3) is 0 Å². The highest BCUT2D eigenvalue weighted by atomic mass is 32.2. The van der Waals surface area contributed by atoms with Gasteiger partial charge in [0.15, 0.2) is 0 Å². The lowest BCUT2D eigenvalue weighted by Crippen LogP contribution is -2.40. The minimum Gasteiger partial charge on any atom is -0.393 e. The lowest BCUT2D eigenvalue weighted by atomic mass is 9.87. The van der Waals surface area contributed by atoms with Crippen molar-refractivity contribution in [3.8, 4) is 0 Å². The third-order valence-corrected chi connectivity index (χ3v) is 6.14. The van der Waals surface area contributed by atoms with Crippen molar-refractivity contribution in [2.24, 2.45) is 0 Å². The zero-order valence-corrected chi connectivity index (χ0v) is 14.1. The number of benzene rings is 1. The molecule has 0 saturated carbocycles. The molecule has 0 amide bonds. The highest BCUT2D eigenvalue weighted by molar-refractivity contribution is 7.89. The van der Waals surface area contributed by atoms with E-state index in [1.54, 1.807) is 6.07 Å². The molecule has 0 unspecified atom stereocenters. The summed E-state index contributed by atoms with van der Waals surface area (Å²) in [7, 11) is -3.48. The van der Waals surface area contributed by atoms with Crippen molar-refractivity contribution in [1.29, 1.82) is 0 Å². The minimum atomic E-state index is -3.48. The molecule has 0 atom stereocenters. The molecular weight excluding hydrogens is 286 g/mol. The van der Waals surface area contributed by atoms with Crippen molar-refractivity contribution in [2.45, 2.75) is 57.0 Å². The van der Waals surface area contributed by atoms with E-state index in [1.165, 1.54) is 4.31 Å². The topological polar surface area (TPSA) is 57.6 Å². The van der Waals surface area contributed by atoms with Gasteiger partial charge in [0.2, 0.25) is 10.0 Å². The van der Waals surface area contributed by atoms with Gasteiger partial charge in [-0.05, 0) is 42.4 Å². The Morgan fingerprint density at radius 3 is 2.29 bits per heavy atom. The van der Waals surface area contributed by atoms with Crippen LogP contribution in [0, 0.1) is 6.92 Å². The number of rotatable bonds is 2. The van der Waals surface area contributed by atoms with Crippen LogP contribution in [0.2, 0.25) is 0 Å². The van der Waals surface area contributed by atoms with E-state index < -0.39 is 10.0 Å². The Kier molecular flexibility index (Phi) is 4.47. The fourth-order valence-electron chi connectivity index (χ4n) is 2.57. The average Bonchev–Trinajstić information content (AvgIpc) is 2.38. The zero-order valence-electron chi connectivity index (χ0n) is 13.3. The molecule has 1 aliphatic heterocycles. The first-order valence-electron chi connectivity index (χ1n) is 7.42. The second-order valence-electron chi connectivity index (χ2n) is 6.87. The van der Waals surface area contributed by atoms with Gasteiger partial charge in [-0.3, -0.25) is 0 Å². The zero-order chi connectivity index (χ0) is 15.8. The van der Waals surface area contributed by atoms with Crippen LogP contribution in [0.25, 0.3) is 0 Å². The number of aliphatic hydroxyl groups is 1. The number of aliphatic hydroxyl groups excluding tert-OH is 1. The van der Waals surface area contributed by atoms with E-state index in [2.05, 4.69) is 20.8 Å². The summed E-state index contributed by atoms with van der Waals surface area (Å²) in [5.41, 5.74) is 1.70. The van der Waals surface area contributed by atoms with Crippen LogP contribution in [0.1, 0.15) is 44.7 Å². The number of sulfonamides is 1. The third kappa shape index (κ3) is 3.47. The van der Waals surface area contributed by atoms with Crippen molar-refractivity contribution < 1.29 is 13.5 Å². The van der Waals surface area contributed by atoms with Gasteiger partial charge in [-0.25, -0.2) is 8.42 Å². The van der Waals surface area contributed by atoms with Crippen molar-refractivity contribution in [1.82, 2.24) is 4.31 Å². The Morgan fingerprint density at radius 1 is 1.19 bits per heavy atom. The van der Waals surface area contributed by atoms with Crippen molar-refractivity contribution in [3.63, 3.8) is 0 Å². The molecule has 0 aromatic heterocycles. The summed E-state index contributed by atoms with van der Waals surface area (Å²) in [5, 5.41) is 9.55. The first-order chi connectivity index (χ1) is 9.62. The standard InChI is InChI=1S/C16H25NO3S/c1-12-5-6-13(16(2,3)4)11-15(12)21(19,20)17-9-7-14(18)8-10-17/h5-6,11,14,18H,7-10H2,1-4H3. The predicted molar refractivity (Wildman–Crippen MR) is 83.9 cm³/mol. The first-order valence-corrected chi connectivity index (χ1v) is 8.86. The first kappa shape index (κ1) is 16.5. The molecule has 0 radical (unpaired) electrons. The second-order valence-corrected chi connectivity index (χ2v) is 8.77. The monoisotopic (exact) mass is 311 g/mol. The number of hydrogen-bond acceptors (Lipinski definition) is 3. The number of nitrogens with zero attached hydrogens (tertiary/aromatic N) is 1. The summed E-state index contributed by atoms with van der Waals surface area (Å²) in [6.07, 6.45) is 0.646. The van der Waals surface area contributed by atoms with Crippen molar-refractivity contribution >= 4 is 10.0 Å². The van der Waals surface area contributed by atoms with Crippen LogP contribution >= 0.6 is 0 Å². The molecule has 118 valence electrons. The van der Waals surface area contributed by atoms with E-state index in [9.17, 15) is 13.5 Å². The maximum atomic E-state index is 12.8. The van der Waals surface area contributed by atoms with Crippen LogP contribution < -0.4 is 0 Å². The molecule has 0 aliphatic carbocycles. The van der Waals surface area contributed by atoms with Crippen LogP contribution in [0.4, 0.5) is 0 Å². The average molecular weight is 311 g/mol. The van der Waals surface area contributed by atoms with Gasteiger partial charge in [0.05, 0.1) is 11.0 Å². The molecule has 1 N–H and O–H groups in total. The second kappa shape index (κ2) is 5.71. The van der Waals surface area contributed by atoms with Gasteiger partial charge < -0.3 is 5.11 Å². The SMILES string of the molecule is Cc1ccc(C(C)(C)C)cc1S(=O)(=O)N1CCC(O)CC1. The number of hydrogen-bond donors (Lipinski definition) is 1. The molecule has 2 rings (SSSR count). The predicted octanol–water partition coefficient (Wildman–Crippen LogP) is 2.44. The van der Waals surface area contributed by atoms with Gasteiger partial charge in [-0.2, -0.15) is 4.31 Å². The van der Waals surface area contributed by atoms with Crippen LogP contribution in [-0.4, -0.2) is 37.0 Å². The van der Waals surface area contributed by atoms with Crippen LogP contribution in [0.3, 0.4) is 0 Å². The fourth-order valence-corrected chi connectivity index (χ4v) is 4.29. The van der Waals surface area contributed by atoms with E-state index in [-0.39, 0.29) is 11.5 Å². The summed E-state index contributed by atoms with van der Waals surface area (Å²) < 4.78 is 27.2. The quantitative estimate of drug-likeness (QED) is 0.912. The van der Waals surface area contributed by atoms with E-state index in [0.717, 1.165) is 11.1 Å². The van der Waals surface area contributed by atoms with Crippen molar-refractivity contribution in [3.05, 3.63) is 29.3 Å². The lowest BCUT2D eigenvalue weighted by Gasteiger charge is -2.30. The highest BCUT2D eigenvalue weighted by Crippen LogP contribution is 2.29. The Balaban J connectivity index is 2.40. The van der Waals surface area contributed by atoms with E-state index in [0.29, 0.717) is 30.8 Å². The molecule has 1 heterocycles. The molecule has 5 heteroatoms. The molecule has 1 aliphatic rings. The van der Waals surface area contributed by atoms with E-state index >= 15 is 0 Å². The number of aryl methyl sites for hydroxylation is 1. The number of piperidine rings is 1. The van der Waals surface area contributed by atoms with Crippen LogP contribution in [0.5, 0.6) is 0 Å². The molecule has 1 saturated heterocycles. The maximum absolute atomic E-state index is 12.8. The summed E-state index contributed by atoms with van der Waals surface area (Å²) in [6.45, 7) is 8.84. The van der Waals surface area contributed by atoms with Gasteiger partial charge in [0.1, 0.15) is 0 Å². The molecular formula is C16H25NO3S.